The number of para-hydroxylation sites is 1. The minimum Gasteiger partial charge on any atom is -0.504 e. The number of carbonyl (C=O) groups is 3. The van der Waals surface area contributed by atoms with Crippen LogP contribution in [0.3, 0.4) is 0 Å². The molecule has 284 valence electrons. The Balaban J connectivity index is 1.16. The van der Waals surface area contributed by atoms with Gasteiger partial charge < -0.3 is 19.5 Å². The fourth-order valence-corrected chi connectivity index (χ4v) is 9.55. The van der Waals surface area contributed by atoms with Crippen LogP contribution in [0.2, 0.25) is 5.02 Å². The molecule has 2 fully saturated rings. The molecule has 0 unspecified atom stereocenters. The standard InChI is InChI=1S/C42H26ClF3N4O6S/c43-33-24(14-16-27(44)35(33)51)37-48-47-30(57-37)20-49-40(54)50(39(53)41(49)18-19-41)34(21-8-2-1-3-9-21)31-23(36(45)46)15-17-29-32(31)42(26-12-6-7-13-28(26)55-29)25-11-5-4-10-22(25)38(52)56-42/h1-17,34,36,51H,18-20H2/t34-,42-/m0/s1. The van der Waals surface area contributed by atoms with Crippen LogP contribution < -0.4 is 4.74 Å². The Bertz CT molecular complexity index is 2710. The van der Waals surface area contributed by atoms with Crippen LogP contribution in [0, 0.1) is 5.82 Å². The summed E-state index contributed by atoms with van der Waals surface area (Å²) in [5, 5.41) is 18.7. The highest BCUT2D eigenvalue weighted by atomic mass is 35.5. The molecule has 0 radical (unpaired) electrons. The number of hydrogen-bond donors (Lipinski definition) is 1. The lowest BCUT2D eigenvalue weighted by Crippen LogP contribution is -2.41. The van der Waals surface area contributed by atoms with Crippen molar-refractivity contribution in [3.8, 4) is 27.8 Å². The van der Waals surface area contributed by atoms with Gasteiger partial charge in [0.2, 0.25) is 0 Å². The van der Waals surface area contributed by atoms with Gasteiger partial charge in [-0.1, -0.05) is 89.7 Å². The highest BCUT2D eigenvalue weighted by Gasteiger charge is 2.67. The number of hydrogen-bond acceptors (Lipinski definition) is 9. The summed E-state index contributed by atoms with van der Waals surface area (Å²) >= 11 is 7.25. The average molecular weight is 807 g/mol. The van der Waals surface area contributed by atoms with Crippen molar-refractivity contribution in [3.63, 3.8) is 0 Å². The van der Waals surface area contributed by atoms with E-state index < -0.39 is 58.6 Å². The third-order valence-electron chi connectivity index (χ3n) is 11.1. The van der Waals surface area contributed by atoms with Crippen LogP contribution in [0.1, 0.15) is 74.1 Å². The zero-order valence-electron chi connectivity index (χ0n) is 29.3. The lowest BCUT2D eigenvalue weighted by atomic mass is 9.73. The summed E-state index contributed by atoms with van der Waals surface area (Å²) < 4.78 is 58.0. The van der Waals surface area contributed by atoms with Gasteiger partial charge in [0.25, 0.3) is 12.3 Å². The number of carbonyl (C=O) groups excluding carboxylic acids is 3. The number of ether oxygens (including phenoxy) is 2. The van der Waals surface area contributed by atoms with E-state index in [2.05, 4.69) is 10.2 Å². The second-order valence-electron chi connectivity index (χ2n) is 14.1. The number of halogens is 4. The van der Waals surface area contributed by atoms with E-state index in [0.29, 0.717) is 40.3 Å². The van der Waals surface area contributed by atoms with Gasteiger partial charge in [0.05, 0.1) is 28.7 Å². The number of fused-ring (bicyclic) bond motifs is 6. The molecule has 1 saturated heterocycles. The summed E-state index contributed by atoms with van der Waals surface area (Å²) in [6, 6.07) is 24.8. The Morgan fingerprint density at radius 3 is 2.32 bits per heavy atom. The van der Waals surface area contributed by atoms with Gasteiger partial charge in [-0.25, -0.2) is 22.8 Å². The largest absolute Gasteiger partial charge is 0.504 e. The fourth-order valence-electron chi connectivity index (χ4n) is 8.39. The van der Waals surface area contributed by atoms with E-state index in [4.69, 9.17) is 21.1 Å². The van der Waals surface area contributed by atoms with Gasteiger partial charge in [-0.3, -0.25) is 9.69 Å². The molecule has 1 aliphatic carbocycles. The number of aromatic nitrogens is 2. The number of alkyl halides is 2. The first-order valence-electron chi connectivity index (χ1n) is 17.8. The smallest absolute Gasteiger partial charge is 0.340 e. The van der Waals surface area contributed by atoms with Gasteiger partial charge in [0.15, 0.2) is 17.2 Å². The maximum atomic E-state index is 15.6. The van der Waals surface area contributed by atoms with E-state index >= 15 is 8.78 Å². The summed E-state index contributed by atoms with van der Waals surface area (Å²) in [5.74, 6) is -2.48. The number of benzene rings is 5. The predicted molar refractivity (Wildman–Crippen MR) is 200 cm³/mol. The van der Waals surface area contributed by atoms with Gasteiger partial charge in [-0.2, -0.15) is 0 Å². The lowest BCUT2D eigenvalue weighted by molar-refractivity contribution is -0.130. The van der Waals surface area contributed by atoms with Crippen molar-refractivity contribution in [1.82, 2.24) is 20.0 Å². The Labute approximate surface area is 330 Å². The van der Waals surface area contributed by atoms with Crippen molar-refractivity contribution in [2.24, 2.45) is 0 Å². The molecule has 3 amide bonds. The topological polar surface area (TPSA) is 122 Å². The zero-order valence-corrected chi connectivity index (χ0v) is 30.9. The molecule has 4 heterocycles. The molecule has 2 spiro atoms. The third kappa shape index (κ3) is 4.99. The van der Waals surface area contributed by atoms with Crippen LogP contribution in [0.4, 0.5) is 18.0 Å². The number of nitrogens with zero attached hydrogens (tertiary/aromatic N) is 4. The summed E-state index contributed by atoms with van der Waals surface area (Å²) in [4.78, 5) is 46.0. The zero-order chi connectivity index (χ0) is 39.4. The number of urea groups is 1. The maximum absolute atomic E-state index is 15.6. The summed E-state index contributed by atoms with van der Waals surface area (Å²) in [6.07, 6.45) is -2.49. The van der Waals surface area contributed by atoms with Crippen LogP contribution in [0.15, 0.2) is 103 Å². The van der Waals surface area contributed by atoms with Crippen molar-refractivity contribution < 1.29 is 42.1 Å². The molecule has 4 aliphatic rings. The molecule has 0 bridgehead atoms. The maximum Gasteiger partial charge on any atom is 0.340 e. The van der Waals surface area contributed by atoms with Crippen LogP contribution in [0.5, 0.6) is 17.2 Å². The van der Waals surface area contributed by atoms with Crippen molar-refractivity contribution >= 4 is 40.8 Å². The minimum absolute atomic E-state index is 0.0724. The van der Waals surface area contributed by atoms with E-state index in [0.717, 1.165) is 22.3 Å². The first-order valence-corrected chi connectivity index (χ1v) is 19.0. The van der Waals surface area contributed by atoms with Gasteiger partial charge in [-0.15, -0.1) is 10.2 Å². The molecule has 1 aromatic heterocycles. The number of amides is 3. The van der Waals surface area contributed by atoms with E-state index in [1.807, 2.05) is 0 Å². The molecule has 10 nitrogen and oxygen atoms in total. The van der Waals surface area contributed by atoms with Crippen LogP contribution in [-0.4, -0.2) is 48.6 Å². The number of aromatic hydroxyl groups is 1. The summed E-state index contributed by atoms with van der Waals surface area (Å²) in [5.41, 5.74) is -2.04. The summed E-state index contributed by atoms with van der Waals surface area (Å²) in [7, 11) is 0. The first-order chi connectivity index (χ1) is 27.5. The molecule has 10 rings (SSSR count). The number of phenols is 1. The summed E-state index contributed by atoms with van der Waals surface area (Å²) in [6.45, 7) is -0.176. The minimum atomic E-state index is -3.10. The quantitative estimate of drug-likeness (QED) is 0.125. The predicted octanol–water partition coefficient (Wildman–Crippen LogP) is 9.30. The molecule has 57 heavy (non-hydrogen) atoms. The van der Waals surface area contributed by atoms with E-state index in [1.165, 1.54) is 23.1 Å². The molecular weight excluding hydrogens is 781 g/mol. The third-order valence-corrected chi connectivity index (χ3v) is 12.4. The number of rotatable bonds is 7. The molecule has 15 heteroatoms. The Morgan fingerprint density at radius 1 is 0.842 bits per heavy atom. The molecule has 5 aromatic carbocycles. The van der Waals surface area contributed by atoms with Gasteiger partial charge in [0, 0.05) is 27.8 Å². The van der Waals surface area contributed by atoms with Gasteiger partial charge >= 0.3 is 12.0 Å². The van der Waals surface area contributed by atoms with Crippen molar-refractivity contribution in [2.75, 3.05) is 0 Å². The fraction of sp³-hybridized carbons (Fsp3) is 0.167. The molecule has 2 atom stereocenters. The number of imide groups is 1. The van der Waals surface area contributed by atoms with Crippen LogP contribution in [-0.2, 0) is 21.7 Å². The Morgan fingerprint density at radius 2 is 1.56 bits per heavy atom. The van der Waals surface area contributed by atoms with E-state index in [9.17, 15) is 23.9 Å². The molecule has 3 aliphatic heterocycles. The van der Waals surface area contributed by atoms with E-state index in [-0.39, 0.29) is 44.6 Å². The van der Waals surface area contributed by atoms with Crippen LogP contribution in [0.25, 0.3) is 10.6 Å². The number of esters is 1. The lowest BCUT2D eigenvalue weighted by Gasteiger charge is -2.41. The Kier molecular flexibility index (Phi) is 7.80. The van der Waals surface area contributed by atoms with Gasteiger partial charge in [0.1, 0.15) is 27.1 Å². The molecule has 1 N–H and O–H groups in total. The number of phenolic OH excluding ortho intramolecular Hbond substituents is 1. The van der Waals surface area contributed by atoms with Crippen molar-refractivity contribution in [1.29, 1.82) is 0 Å². The highest BCUT2D eigenvalue weighted by molar-refractivity contribution is 7.14. The molecule has 6 aromatic rings. The second-order valence-corrected chi connectivity index (χ2v) is 15.5. The van der Waals surface area contributed by atoms with Crippen molar-refractivity contribution in [2.45, 2.75) is 43.0 Å². The monoisotopic (exact) mass is 806 g/mol. The Hall–Kier alpha value is -6.25. The molecule has 1 saturated carbocycles. The van der Waals surface area contributed by atoms with Crippen molar-refractivity contribution in [3.05, 3.63) is 158 Å². The normalized spacial score (nSPS) is 19.1. The highest BCUT2D eigenvalue weighted by Crippen LogP contribution is 2.61. The van der Waals surface area contributed by atoms with E-state index in [1.54, 1.807) is 78.9 Å². The average Bonchev–Trinajstić information content (AvgIpc) is 3.74. The van der Waals surface area contributed by atoms with Crippen LogP contribution >= 0.6 is 22.9 Å². The second kappa shape index (κ2) is 12.6. The van der Waals surface area contributed by atoms with Gasteiger partial charge in [-0.05, 0) is 54.8 Å². The molecular formula is C42H26ClF3N4O6S. The SMILES string of the molecule is O=C1O[C@]2(c3ccccc3Oc3ccc(C(F)F)c([C@H](c4ccccc4)N4C(=O)N(Cc5nnc(-c6ccc(F)c(O)c6Cl)s5)C5(CC5)C4=O)c32)c2ccccc21. The first kappa shape index (κ1) is 35.2.